The van der Waals surface area contributed by atoms with Crippen molar-refractivity contribution in [1.29, 1.82) is 0 Å². The van der Waals surface area contributed by atoms with Crippen molar-refractivity contribution in [2.24, 2.45) is 0 Å². The number of amides is 1. The number of carbonyl (C=O) groups excluding carboxylic acids is 1. The highest BCUT2D eigenvalue weighted by atomic mass is 35.5. The molecule has 0 atom stereocenters. The molecular weight excluding hydrogens is 447 g/mol. The second-order valence-corrected chi connectivity index (χ2v) is 9.24. The molecule has 0 radical (unpaired) electrons. The first-order valence-corrected chi connectivity index (χ1v) is 11.0. The highest BCUT2D eigenvalue weighted by Gasteiger charge is 2.30. The lowest BCUT2D eigenvalue weighted by molar-refractivity contribution is -0.134. The van der Waals surface area contributed by atoms with Crippen LogP contribution >= 0.6 is 34.8 Å². The van der Waals surface area contributed by atoms with Crippen molar-refractivity contribution >= 4 is 50.7 Å². The molecule has 1 fully saturated rings. The molecule has 1 heterocycles. The number of halogens is 3. The second-order valence-electron chi connectivity index (χ2n) is 6.08. The van der Waals surface area contributed by atoms with Gasteiger partial charge in [-0.3, -0.25) is 4.79 Å². The van der Waals surface area contributed by atoms with Crippen LogP contribution in [0.25, 0.3) is 0 Å². The molecule has 3 rings (SSSR count). The van der Waals surface area contributed by atoms with Gasteiger partial charge in [-0.2, -0.15) is 4.31 Å². The summed E-state index contributed by atoms with van der Waals surface area (Å²) in [5.74, 6) is 0.199. The van der Waals surface area contributed by atoms with E-state index in [1.165, 1.54) is 22.5 Å². The molecule has 0 unspecified atom stereocenters. The molecule has 2 aromatic rings. The average molecular weight is 464 g/mol. The van der Waals surface area contributed by atoms with Crippen LogP contribution in [0.2, 0.25) is 15.1 Å². The van der Waals surface area contributed by atoms with Crippen molar-refractivity contribution in [3.8, 4) is 5.75 Å². The lowest BCUT2D eigenvalue weighted by Gasteiger charge is -2.34. The highest BCUT2D eigenvalue weighted by molar-refractivity contribution is 7.89. The molecule has 6 nitrogen and oxygen atoms in total. The van der Waals surface area contributed by atoms with Crippen LogP contribution in [0.4, 0.5) is 0 Å². The number of ether oxygens (including phenoxy) is 1. The van der Waals surface area contributed by atoms with E-state index in [4.69, 9.17) is 39.5 Å². The first-order valence-electron chi connectivity index (χ1n) is 8.39. The smallest absolute Gasteiger partial charge is 0.260 e. The third kappa shape index (κ3) is 4.72. The fourth-order valence-electron chi connectivity index (χ4n) is 2.76. The Balaban J connectivity index is 1.58. The molecule has 1 aliphatic rings. The first kappa shape index (κ1) is 21.2. The fourth-order valence-corrected chi connectivity index (χ4v) is 4.76. The van der Waals surface area contributed by atoms with Gasteiger partial charge in [-0.1, -0.05) is 46.9 Å². The minimum Gasteiger partial charge on any atom is -0.482 e. The van der Waals surface area contributed by atoms with E-state index < -0.39 is 10.0 Å². The van der Waals surface area contributed by atoms with Crippen LogP contribution in [0.5, 0.6) is 5.75 Å². The number of rotatable bonds is 5. The number of para-hydroxylation sites is 1. The van der Waals surface area contributed by atoms with Gasteiger partial charge < -0.3 is 9.64 Å². The van der Waals surface area contributed by atoms with Gasteiger partial charge >= 0.3 is 0 Å². The van der Waals surface area contributed by atoms with Crippen molar-refractivity contribution < 1.29 is 17.9 Å². The van der Waals surface area contributed by atoms with Crippen molar-refractivity contribution in [2.45, 2.75) is 4.90 Å². The Labute approximate surface area is 178 Å². The lowest BCUT2D eigenvalue weighted by Crippen LogP contribution is -2.51. The Morgan fingerprint density at radius 2 is 1.61 bits per heavy atom. The summed E-state index contributed by atoms with van der Waals surface area (Å²) in [6, 6.07) is 11.1. The second kappa shape index (κ2) is 8.88. The maximum atomic E-state index is 12.8. The quantitative estimate of drug-likeness (QED) is 0.680. The molecule has 0 spiro atoms. The summed E-state index contributed by atoms with van der Waals surface area (Å²) in [4.78, 5) is 14.0. The van der Waals surface area contributed by atoms with Crippen molar-refractivity contribution in [2.75, 3.05) is 32.8 Å². The van der Waals surface area contributed by atoms with E-state index in [0.29, 0.717) is 10.8 Å². The minimum absolute atomic E-state index is 0.0729. The van der Waals surface area contributed by atoms with Crippen molar-refractivity contribution in [3.63, 3.8) is 0 Å². The van der Waals surface area contributed by atoms with Crippen LogP contribution in [-0.4, -0.2) is 56.3 Å². The summed E-state index contributed by atoms with van der Waals surface area (Å²) in [6.45, 7) is 0.737. The van der Waals surface area contributed by atoms with Gasteiger partial charge in [-0.05, 0) is 30.3 Å². The zero-order valence-corrected chi connectivity index (χ0v) is 17.7. The summed E-state index contributed by atoms with van der Waals surface area (Å²) in [7, 11) is -3.71. The largest absolute Gasteiger partial charge is 0.482 e. The number of hydrogen-bond acceptors (Lipinski definition) is 4. The fraction of sp³-hybridized carbons (Fsp3) is 0.278. The third-order valence-corrected chi connectivity index (χ3v) is 7.25. The SMILES string of the molecule is O=C(COc1ccccc1Cl)N1CCN(S(=O)(=O)c2ccc(Cl)c(Cl)c2)CC1. The molecule has 0 bridgehead atoms. The maximum Gasteiger partial charge on any atom is 0.260 e. The van der Waals surface area contributed by atoms with Gasteiger partial charge in [-0.25, -0.2) is 8.42 Å². The maximum absolute atomic E-state index is 12.8. The summed E-state index contributed by atoms with van der Waals surface area (Å²) in [6.07, 6.45) is 0. The molecule has 0 saturated carbocycles. The lowest BCUT2D eigenvalue weighted by atomic mass is 10.3. The predicted molar refractivity (Wildman–Crippen MR) is 109 cm³/mol. The van der Waals surface area contributed by atoms with E-state index in [1.54, 1.807) is 29.2 Å². The van der Waals surface area contributed by atoms with Crippen LogP contribution in [-0.2, 0) is 14.8 Å². The van der Waals surface area contributed by atoms with Crippen LogP contribution < -0.4 is 4.74 Å². The van der Waals surface area contributed by atoms with Crippen LogP contribution in [0.15, 0.2) is 47.4 Å². The Morgan fingerprint density at radius 3 is 2.25 bits per heavy atom. The van der Waals surface area contributed by atoms with Crippen LogP contribution in [0, 0.1) is 0 Å². The molecule has 1 aliphatic heterocycles. The van der Waals surface area contributed by atoms with Gasteiger partial charge in [0.25, 0.3) is 5.91 Å². The number of benzene rings is 2. The Bertz CT molecular complexity index is 977. The van der Waals surface area contributed by atoms with Crippen molar-refractivity contribution in [1.82, 2.24) is 9.21 Å². The van der Waals surface area contributed by atoms with E-state index in [1.807, 2.05) is 0 Å². The van der Waals surface area contributed by atoms with E-state index in [-0.39, 0.29) is 53.6 Å². The zero-order chi connectivity index (χ0) is 20.3. The normalized spacial score (nSPS) is 15.5. The Kier molecular flexibility index (Phi) is 6.73. The topological polar surface area (TPSA) is 66.9 Å². The molecule has 0 N–H and O–H groups in total. The third-order valence-electron chi connectivity index (χ3n) is 4.31. The molecule has 0 aromatic heterocycles. The molecule has 10 heteroatoms. The number of piperazine rings is 1. The number of nitrogens with zero attached hydrogens (tertiary/aromatic N) is 2. The molecule has 2 aromatic carbocycles. The predicted octanol–water partition coefficient (Wildman–Crippen LogP) is 3.56. The van der Waals surface area contributed by atoms with E-state index in [0.717, 1.165) is 0 Å². The summed E-state index contributed by atoms with van der Waals surface area (Å²) < 4.78 is 32.3. The minimum atomic E-state index is -3.71. The monoisotopic (exact) mass is 462 g/mol. The zero-order valence-electron chi connectivity index (χ0n) is 14.6. The van der Waals surface area contributed by atoms with E-state index >= 15 is 0 Å². The Morgan fingerprint density at radius 1 is 0.929 bits per heavy atom. The summed E-state index contributed by atoms with van der Waals surface area (Å²) in [5.41, 5.74) is 0. The number of sulfonamides is 1. The van der Waals surface area contributed by atoms with Gasteiger partial charge in [0.15, 0.2) is 6.61 Å². The standard InChI is InChI=1S/C18H17Cl3N2O4S/c19-14-6-5-13(11-16(14)21)28(25,26)23-9-7-22(8-10-23)18(24)12-27-17-4-2-1-3-15(17)20/h1-6,11H,7-10,12H2. The van der Waals surface area contributed by atoms with E-state index in [2.05, 4.69) is 0 Å². The summed E-state index contributed by atoms with van der Waals surface area (Å²) >= 11 is 17.8. The van der Waals surface area contributed by atoms with Gasteiger partial charge in [0, 0.05) is 26.2 Å². The molecule has 0 aliphatic carbocycles. The molecule has 1 saturated heterocycles. The van der Waals surface area contributed by atoms with Crippen LogP contribution in [0.3, 0.4) is 0 Å². The van der Waals surface area contributed by atoms with Gasteiger partial charge in [-0.15, -0.1) is 0 Å². The Hall–Kier alpha value is -1.51. The van der Waals surface area contributed by atoms with Gasteiger partial charge in [0.1, 0.15) is 5.75 Å². The van der Waals surface area contributed by atoms with Gasteiger partial charge in [0.05, 0.1) is 20.0 Å². The average Bonchev–Trinajstić information content (AvgIpc) is 2.69. The van der Waals surface area contributed by atoms with E-state index in [9.17, 15) is 13.2 Å². The number of carbonyl (C=O) groups is 1. The first-order chi connectivity index (χ1) is 13.3. The number of hydrogen-bond donors (Lipinski definition) is 0. The molecular formula is C18H17Cl3N2O4S. The molecule has 150 valence electrons. The van der Waals surface area contributed by atoms with Crippen LogP contribution in [0.1, 0.15) is 0 Å². The van der Waals surface area contributed by atoms with Gasteiger partial charge in [0.2, 0.25) is 10.0 Å². The highest BCUT2D eigenvalue weighted by Crippen LogP contribution is 2.27. The molecule has 28 heavy (non-hydrogen) atoms. The molecule has 1 amide bonds. The van der Waals surface area contributed by atoms with Crippen molar-refractivity contribution in [3.05, 3.63) is 57.5 Å². The summed E-state index contributed by atoms with van der Waals surface area (Å²) in [5, 5.41) is 0.885.